The van der Waals surface area contributed by atoms with Crippen LogP contribution in [-0.2, 0) is 14.8 Å². The molecule has 0 saturated carbocycles. The number of nitrogens with one attached hydrogen (secondary N) is 2. The Morgan fingerprint density at radius 1 is 1.23 bits per heavy atom. The second-order valence-corrected chi connectivity index (χ2v) is 8.25. The third-order valence-electron chi connectivity index (χ3n) is 4.48. The Kier molecular flexibility index (Phi) is 7.81. The Hall–Kier alpha value is -1.70. The summed E-state index contributed by atoms with van der Waals surface area (Å²) >= 11 is 0. The molecule has 1 aromatic carbocycles. The molecule has 2 rings (SSSR count). The van der Waals surface area contributed by atoms with Gasteiger partial charge in [0.25, 0.3) is 5.91 Å². The first-order valence-corrected chi connectivity index (χ1v) is 10.5. The topological polar surface area (TPSA) is 84.5 Å². The summed E-state index contributed by atoms with van der Waals surface area (Å²) in [7, 11) is -2.09. The number of sulfonamides is 1. The fourth-order valence-corrected chi connectivity index (χ4v) is 3.99. The van der Waals surface area contributed by atoms with E-state index in [9.17, 15) is 13.2 Å². The molecule has 1 aromatic rings. The lowest BCUT2D eigenvalue weighted by Gasteiger charge is -2.14. The van der Waals surface area contributed by atoms with Gasteiger partial charge in [-0.1, -0.05) is 17.7 Å². The first-order valence-electron chi connectivity index (χ1n) is 8.99. The second-order valence-electron chi connectivity index (χ2n) is 6.48. The van der Waals surface area contributed by atoms with Crippen LogP contribution in [0.2, 0.25) is 0 Å². The van der Waals surface area contributed by atoms with Crippen LogP contribution in [0.4, 0.5) is 0 Å². The summed E-state index contributed by atoms with van der Waals surface area (Å²) in [6.07, 6.45) is 7.48. The molecule has 0 aromatic heterocycles. The van der Waals surface area contributed by atoms with E-state index in [0.717, 1.165) is 24.8 Å². The molecule has 0 atom stereocenters. The maximum atomic E-state index is 12.5. The van der Waals surface area contributed by atoms with E-state index in [0.29, 0.717) is 25.3 Å². The van der Waals surface area contributed by atoms with E-state index in [-0.39, 0.29) is 10.8 Å². The number of amides is 1. The molecular formula is C19H28N2O4S. The average molecular weight is 381 g/mol. The molecule has 0 saturated heterocycles. The third-order valence-corrected chi connectivity index (χ3v) is 5.94. The van der Waals surface area contributed by atoms with Crippen LogP contribution >= 0.6 is 0 Å². The Morgan fingerprint density at radius 3 is 2.73 bits per heavy atom. The van der Waals surface area contributed by atoms with Gasteiger partial charge in [-0.05, 0) is 56.7 Å². The molecule has 0 heterocycles. The zero-order chi connectivity index (χ0) is 19.0. The van der Waals surface area contributed by atoms with Crippen molar-refractivity contribution in [2.45, 2.75) is 43.9 Å². The van der Waals surface area contributed by atoms with E-state index in [1.807, 2.05) is 0 Å². The van der Waals surface area contributed by atoms with Crippen LogP contribution in [-0.4, -0.2) is 41.1 Å². The number of allylic oxidation sites excluding steroid dienone is 1. The van der Waals surface area contributed by atoms with Crippen molar-refractivity contribution in [2.24, 2.45) is 0 Å². The fourth-order valence-electron chi connectivity index (χ4n) is 2.94. The Labute approximate surface area is 156 Å². The van der Waals surface area contributed by atoms with Crippen molar-refractivity contribution in [3.63, 3.8) is 0 Å². The first-order chi connectivity index (χ1) is 12.4. The molecule has 0 unspecified atom stereocenters. The third kappa shape index (κ3) is 5.93. The smallest absolute Gasteiger partial charge is 0.251 e. The highest BCUT2D eigenvalue weighted by molar-refractivity contribution is 7.89. The molecule has 7 heteroatoms. The molecule has 144 valence electrons. The second kappa shape index (κ2) is 9.85. The molecule has 0 aliphatic heterocycles. The standard InChI is InChI=1S/C19H28N2O4S/c1-15-8-9-17(14-18(15)19(22)20-12-13-25-2)26(23,24)21-11-10-16-6-4-3-5-7-16/h6,8-9,14,21H,3-5,7,10-13H2,1-2H3,(H,20,22). The van der Waals surface area contributed by atoms with Gasteiger partial charge in [0.1, 0.15) is 0 Å². The Morgan fingerprint density at radius 2 is 2.04 bits per heavy atom. The molecule has 1 amide bonds. The first kappa shape index (κ1) is 20.6. The van der Waals surface area contributed by atoms with Crippen molar-refractivity contribution in [1.29, 1.82) is 0 Å². The van der Waals surface area contributed by atoms with E-state index in [1.54, 1.807) is 20.1 Å². The number of aryl methyl sites for hydroxylation is 1. The molecule has 2 N–H and O–H groups in total. The maximum Gasteiger partial charge on any atom is 0.251 e. The Balaban J connectivity index is 2.02. The highest BCUT2D eigenvalue weighted by Crippen LogP contribution is 2.20. The molecule has 0 spiro atoms. The number of methoxy groups -OCH3 is 1. The summed E-state index contributed by atoms with van der Waals surface area (Å²) in [5.74, 6) is -0.302. The van der Waals surface area contributed by atoms with E-state index < -0.39 is 10.0 Å². The normalized spacial score (nSPS) is 14.8. The van der Waals surface area contributed by atoms with E-state index >= 15 is 0 Å². The molecule has 0 radical (unpaired) electrons. The van der Waals surface area contributed by atoms with Gasteiger partial charge in [0.05, 0.1) is 11.5 Å². The zero-order valence-electron chi connectivity index (χ0n) is 15.5. The minimum atomic E-state index is -3.64. The van der Waals surface area contributed by atoms with Gasteiger partial charge in [-0.25, -0.2) is 13.1 Å². The van der Waals surface area contributed by atoms with Gasteiger partial charge in [0.15, 0.2) is 0 Å². The highest BCUT2D eigenvalue weighted by atomic mass is 32.2. The van der Waals surface area contributed by atoms with Crippen LogP contribution in [0.15, 0.2) is 34.7 Å². The molecule has 0 bridgehead atoms. The van der Waals surface area contributed by atoms with Gasteiger partial charge >= 0.3 is 0 Å². The quantitative estimate of drug-likeness (QED) is 0.509. The predicted octanol–water partition coefficient (Wildman–Crippen LogP) is 2.54. The molecule has 6 nitrogen and oxygen atoms in total. The van der Waals surface area contributed by atoms with Gasteiger partial charge in [0.2, 0.25) is 10.0 Å². The van der Waals surface area contributed by atoms with Crippen molar-refractivity contribution < 1.29 is 17.9 Å². The molecule has 1 aliphatic carbocycles. The average Bonchev–Trinajstić information content (AvgIpc) is 2.62. The summed E-state index contributed by atoms with van der Waals surface area (Å²) in [6, 6.07) is 4.62. The van der Waals surface area contributed by atoms with Gasteiger partial charge in [-0.3, -0.25) is 4.79 Å². The lowest BCUT2D eigenvalue weighted by Crippen LogP contribution is -2.29. The van der Waals surface area contributed by atoms with Crippen molar-refractivity contribution in [2.75, 3.05) is 26.8 Å². The van der Waals surface area contributed by atoms with E-state index in [1.165, 1.54) is 30.5 Å². The number of ether oxygens (including phenoxy) is 1. The van der Waals surface area contributed by atoms with Crippen LogP contribution in [0.3, 0.4) is 0 Å². The zero-order valence-corrected chi connectivity index (χ0v) is 16.3. The van der Waals surface area contributed by atoms with Gasteiger partial charge in [-0.2, -0.15) is 0 Å². The van der Waals surface area contributed by atoms with Crippen LogP contribution in [0.25, 0.3) is 0 Å². The predicted molar refractivity (Wildman–Crippen MR) is 102 cm³/mol. The Bertz CT molecular complexity index is 757. The van der Waals surface area contributed by atoms with Gasteiger partial charge < -0.3 is 10.1 Å². The van der Waals surface area contributed by atoms with Crippen LogP contribution < -0.4 is 10.0 Å². The van der Waals surface area contributed by atoms with Crippen LogP contribution in [0, 0.1) is 6.92 Å². The lowest BCUT2D eigenvalue weighted by molar-refractivity contribution is 0.0936. The van der Waals surface area contributed by atoms with Crippen LogP contribution in [0.1, 0.15) is 48.0 Å². The lowest BCUT2D eigenvalue weighted by atomic mass is 9.97. The fraction of sp³-hybridized carbons (Fsp3) is 0.526. The number of rotatable bonds is 9. The molecule has 1 aliphatic rings. The SMILES string of the molecule is COCCNC(=O)c1cc(S(=O)(=O)NCCC2=CCCCC2)ccc1C. The van der Waals surface area contributed by atoms with Crippen molar-refractivity contribution in [3.8, 4) is 0 Å². The van der Waals surface area contributed by atoms with Crippen molar-refractivity contribution >= 4 is 15.9 Å². The number of hydrogen-bond acceptors (Lipinski definition) is 4. The summed E-state index contributed by atoms with van der Waals surface area (Å²) in [5, 5.41) is 2.72. The van der Waals surface area contributed by atoms with Crippen molar-refractivity contribution in [1.82, 2.24) is 10.0 Å². The monoisotopic (exact) mass is 380 g/mol. The maximum absolute atomic E-state index is 12.5. The number of carbonyl (C=O) groups is 1. The molecular weight excluding hydrogens is 352 g/mol. The van der Waals surface area contributed by atoms with Gasteiger partial charge in [-0.15, -0.1) is 0 Å². The number of benzene rings is 1. The number of carbonyl (C=O) groups excluding carboxylic acids is 1. The summed E-state index contributed by atoms with van der Waals surface area (Å²) in [5.41, 5.74) is 2.41. The summed E-state index contributed by atoms with van der Waals surface area (Å²) in [6.45, 7) is 2.93. The minimum absolute atomic E-state index is 0.109. The van der Waals surface area contributed by atoms with Crippen LogP contribution in [0.5, 0.6) is 0 Å². The van der Waals surface area contributed by atoms with Crippen molar-refractivity contribution in [3.05, 3.63) is 41.0 Å². The van der Waals surface area contributed by atoms with E-state index in [4.69, 9.17) is 4.74 Å². The van der Waals surface area contributed by atoms with E-state index in [2.05, 4.69) is 16.1 Å². The van der Waals surface area contributed by atoms with Gasteiger partial charge in [0, 0.05) is 25.8 Å². The number of hydrogen-bond donors (Lipinski definition) is 2. The molecule has 0 fully saturated rings. The highest BCUT2D eigenvalue weighted by Gasteiger charge is 2.18. The summed E-state index contributed by atoms with van der Waals surface area (Å²) < 4.78 is 32.6. The molecule has 26 heavy (non-hydrogen) atoms. The summed E-state index contributed by atoms with van der Waals surface area (Å²) in [4.78, 5) is 12.4. The largest absolute Gasteiger partial charge is 0.383 e. The minimum Gasteiger partial charge on any atom is -0.383 e.